The molecule has 1 aromatic carbocycles. The summed E-state index contributed by atoms with van der Waals surface area (Å²) >= 11 is 0. The first-order valence-corrected chi connectivity index (χ1v) is 9.66. The van der Waals surface area contributed by atoms with Crippen LogP contribution in [0.25, 0.3) is 0 Å². The number of hydrogen-bond acceptors (Lipinski definition) is 4. The maximum atomic E-state index is 5.75. The highest BCUT2D eigenvalue weighted by Gasteiger charge is 2.17. The summed E-state index contributed by atoms with van der Waals surface area (Å²) in [7, 11) is 3.50. The fourth-order valence-electron chi connectivity index (χ4n) is 3.18. The van der Waals surface area contributed by atoms with Gasteiger partial charge in [-0.25, -0.2) is 0 Å². The zero-order chi connectivity index (χ0) is 18.6. The molecule has 1 fully saturated rings. The van der Waals surface area contributed by atoms with E-state index in [1.54, 1.807) is 14.2 Å². The van der Waals surface area contributed by atoms with Crippen LogP contribution in [-0.4, -0.2) is 63.9 Å². The maximum Gasteiger partial charge on any atom is 0.195 e. The van der Waals surface area contributed by atoms with E-state index < -0.39 is 0 Å². The first-order chi connectivity index (χ1) is 12.7. The molecule has 1 aliphatic heterocycles. The predicted molar refractivity (Wildman–Crippen MR) is 124 cm³/mol. The highest BCUT2D eigenvalue weighted by atomic mass is 127. The van der Waals surface area contributed by atoms with Crippen molar-refractivity contribution in [1.29, 1.82) is 0 Å². The average Bonchev–Trinajstić information content (AvgIpc) is 2.66. The van der Waals surface area contributed by atoms with Crippen LogP contribution in [0.15, 0.2) is 29.3 Å². The van der Waals surface area contributed by atoms with E-state index in [0.29, 0.717) is 19.3 Å². The van der Waals surface area contributed by atoms with Crippen molar-refractivity contribution in [2.75, 3.05) is 52.3 Å². The summed E-state index contributed by atoms with van der Waals surface area (Å²) in [6.07, 6.45) is 4.86. The number of nitrogens with zero attached hydrogens (tertiary/aromatic N) is 2. The number of rotatable bonds is 9. The maximum absolute atomic E-state index is 5.75. The van der Waals surface area contributed by atoms with E-state index in [1.807, 2.05) is 24.3 Å². The Morgan fingerprint density at radius 3 is 2.89 bits per heavy atom. The molecule has 2 N–H and O–H groups in total. The lowest BCUT2D eigenvalue weighted by atomic mass is 10.0. The molecule has 6 nitrogen and oxygen atoms in total. The third-order valence-corrected chi connectivity index (χ3v) is 4.71. The molecule has 1 aromatic rings. The van der Waals surface area contributed by atoms with E-state index in [2.05, 4.69) is 27.4 Å². The summed E-state index contributed by atoms with van der Waals surface area (Å²) in [5, 5.41) is 6.74. The van der Waals surface area contributed by atoms with E-state index in [9.17, 15) is 0 Å². The molecule has 0 saturated carbocycles. The molecule has 0 spiro atoms. The summed E-state index contributed by atoms with van der Waals surface area (Å²) in [5.41, 5.74) is 0.966. The highest BCUT2D eigenvalue weighted by Crippen LogP contribution is 2.18. The Labute approximate surface area is 181 Å². The third-order valence-electron chi connectivity index (χ3n) is 4.71. The topological polar surface area (TPSA) is 58.1 Å². The zero-order valence-corrected chi connectivity index (χ0v) is 19.2. The number of methoxy groups -OCH3 is 1. The van der Waals surface area contributed by atoms with Crippen molar-refractivity contribution in [1.82, 2.24) is 10.2 Å². The monoisotopic (exact) mass is 490 g/mol. The van der Waals surface area contributed by atoms with E-state index in [1.165, 1.54) is 25.8 Å². The van der Waals surface area contributed by atoms with Crippen LogP contribution in [0.4, 0.5) is 5.69 Å². The highest BCUT2D eigenvalue weighted by molar-refractivity contribution is 14.0. The van der Waals surface area contributed by atoms with Crippen molar-refractivity contribution in [2.24, 2.45) is 4.99 Å². The molecular formula is C20H35IN4O2. The van der Waals surface area contributed by atoms with Crippen molar-refractivity contribution in [3.05, 3.63) is 24.3 Å². The third kappa shape index (κ3) is 9.12. The second kappa shape index (κ2) is 14.0. The van der Waals surface area contributed by atoms with Crippen LogP contribution in [0.1, 0.15) is 32.6 Å². The van der Waals surface area contributed by atoms with Crippen molar-refractivity contribution < 1.29 is 9.47 Å². The molecule has 1 aliphatic rings. The van der Waals surface area contributed by atoms with Gasteiger partial charge in [-0.05, 0) is 38.4 Å². The van der Waals surface area contributed by atoms with Crippen LogP contribution < -0.4 is 15.4 Å². The number of guanidine groups is 1. The first kappa shape index (κ1) is 24.0. The number of halogens is 1. The molecule has 0 radical (unpaired) electrons. The lowest BCUT2D eigenvalue weighted by Crippen LogP contribution is -2.43. The van der Waals surface area contributed by atoms with Gasteiger partial charge in [0.25, 0.3) is 0 Å². The van der Waals surface area contributed by atoms with Gasteiger partial charge in [0.1, 0.15) is 5.75 Å². The normalized spacial score (nSPS) is 17.9. The van der Waals surface area contributed by atoms with Gasteiger partial charge in [-0.3, -0.25) is 9.89 Å². The molecule has 154 valence electrons. The number of piperidine rings is 1. The number of nitrogens with one attached hydrogen (secondary N) is 2. The number of aliphatic imine (C=N–C) groups is 1. The van der Waals surface area contributed by atoms with Gasteiger partial charge in [0.15, 0.2) is 5.96 Å². The van der Waals surface area contributed by atoms with Gasteiger partial charge in [0, 0.05) is 58.1 Å². The summed E-state index contributed by atoms with van der Waals surface area (Å²) in [6.45, 7) is 6.83. The molecular weight excluding hydrogens is 455 g/mol. The molecule has 0 bridgehead atoms. The van der Waals surface area contributed by atoms with E-state index in [4.69, 9.17) is 9.47 Å². The van der Waals surface area contributed by atoms with Crippen LogP contribution in [0.3, 0.4) is 0 Å². The Bertz CT molecular complexity index is 557. The van der Waals surface area contributed by atoms with E-state index >= 15 is 0 Å². The minimum absolute atomic E-state index is 0. The average molecular weight is 490 g/mol. The number of anilines is 1. The molecule has 0 aliphatic carbocycles. The molecule has 1 unspecified atom stereocenters. The van der Waals surface area contributed by atoms with E-state index in [-0.39, 0.29) is 24.0 Å². The molecule has 1 heterocycles. The number of ether oxygens (including phenoxy) is 2. The van der Waals surface area contributed by atoms with Gasteiger partial charge in [-0.2, -0.15) is 0 Å². The summed E-state index contributed by atoms with van der Waals surface area (Å²) < 4.78 is 10.8. The number of benzene rings is 1. The van der Waals surface area contributed by atoms with Crippen molar-refractivity contribution >= 4 is 35.6 Å². The first-order valence-electron chi connectivity index (χ1n) is 9.66. The van der Waals surface area contributed by atoms with Gasteiger partial charge in [-0.15, -0.1) is 24.0 Å². The second-order valence-electron chi connectivity index (χ2n) is 6.73. The van der Waals surface area contributed by atoms with Gasteiger partial charge in [0.2, 0.25) is 0 Å². The largest absolute Gasteiger partial charge is 0.493 e. The Hall–Kier alpha value is -1.06. The van der Waals surface area contributed by atoms with Crippen LogP contribution >= 0.6 is 24.0 Å². The minimum atomic E-state index is 0. The molecule has 1 saturated heterocycles. The zero-order valence-electron chi connectivity index (χ0n) is 16.9. The fraction of sp³-hybridized carbons (Fsp3) is 0.650. The molecule has 0 amide bonds. The van der Waals surface area contributed by atoms with Crippen molar-refractivity contribution in [3.8, 4) is 5.75 Å². The standard InChI is InChI=1S/C20H34N4O2.HI/c1-17-8-4-5-12-24(17)13-11-22-20(21-2)23-18-9-6-10-19(16-18)26-15-7-14-25-3;/h6,9-10,16-17H,4-5,7-8,11-15H2,1-3H3,(H2,21,22,23);1H. The fourth-order valence-corrected chi connectivity index (χ4v) is 3.18. The summed E-state index contributed by atoms with van der Waals surface area (Å²) in [4.78, 5) is 6.87. The number of hydrogen-bond donors (Lipinski definition) is 2. The number of likely N-dealkylation sites (tertiary alicyclic amines) is 1. The Morgan fingerprint density at radius 2 is 2.15 bits per heavy atom. The van der Waals surface area contributed by atoms with Gasteiger partial charge in [-0.1, -0.05) is 12.5 Å². The van der Waals surface area contributed by atoms with Crippen LogP contribution in [0.5, 0.6) is 5.75 Å². The molecule has 2 rings (SSSR count). The van der Waals surface area contributed by atoms with Gasteiger partial charge in [0.05, 0.1) is 6.61 Å². The van der Waals surface area contributed by atoms with Crippen molar-refractivity contribution in [2.45, 2.75) is 38.6 Å². The molecule has 27 heavy (non-hydrogen) atoms. The quantitative estimate of drug-likeness (QED) is 0.240. The predicted octanol–water partition coefficient (Wildman–Crippen LogP) is 3.58. The summed E-state index contributed by atoms with van der Waals surface area (Å²) in [5.74, 6) is 1.63. The smallest absolute Gasteiger partial charge is 0.195 e. The minimum Gasteiger partial charge on any atom is -0.493 e. The lowest BCUT2D eigenvalue weighted by molar-refractivity contribution is 0.164. The second-order valence-corrected chi connectivity index (χ2v) is 6.73. The Balaban J connectivity index is 0.00000364. The summed E-state index contributed by atoms with van der Waals surface area (Å²) in [6, 6.07) is 8.64. The van der Waals surface area contributed by atoms with Gasteiger partial charge < -0.3 is 20.1 Å². The van der Waals surface area contributed by atoms with Crippen LogP contribution in [0.2, 0.25) is 0 Å². The van der Waals surface area contributed by atoms with Crippen LogP contribution in [0, 0.1) is 0 Å². The van der Waals surface area contributed by atoms with E-state index in [0.717, 1.165) is 36.9 Å². The van der Waals surface area contributed by atoms with Crippen molar-refractivity contribution in [3.63, 3.8) is 0 Å². The van der Waals surface area contributed by atoms with Gasteiger partial charge >= 0.3 is 0 Å². The Morgan fingerprint density at radius 1 is 1.30 bits per heavy atom. The molecule has 0 aromatic heterocycles. The van der Waals surface area contributed by atoms with Crippen LogP contribution in [-0.2, 0) is 4.74 Å². The Kier molecular flexibility index (Phi) is 12.4. The molecule has 7 heteroatoms. The lowest BCUT2D eigenvalue weighted by Gasteiger charge is -2.33. The molecule has 1 atom stereocenters. The SMILES string of the molecule is CN=C(NCCN1CCCCC1C)Nc1cccc(OCCCOC)c1.I.